The van der Waals surface area contributed by atoms with Gasteiger partial charge < -0.3 is 9.84 Å². The zero-order valence-corrected chi connectivity index (χ0v) is 35.4. The second-order valence-electron chi connectivity index (χ2n) is 25.6. The van der Waals surface area contributed by atoms with E-state index in [0.29, 0.717) is 0 Å². The molecule has 2 nitrogen and oxygen atoms in total. The highest BCUT2D eigenvalue weighted by atomic mass is 16.6. The van der Waals surface area contributed by atoms with Crippen LogP contribution in [0.3, 0.4) is 0 Å². The minimum atomic E-state index is -0.998. The van der Waals surface area contributed by atoms with Gasteiger partial charge in [-0.15, -0.1) is 0 Å². The van der Waals surface area contributed by atoms with Crippen LogP contribution in [0.4, 0.5) is 0 Å². The number of aliphatic hydroxyl groups excluding tert-OH is 1. The van der Waals surface area contributed by atoms with Crippen molar-refractivity contribution >= 4 is 291 Å². The first-order valence-corrected chi connectivity index (χ1v) is 26.0. The van der Waals surface area contributed by atoms with Crippen LogP contribution in [0.25, 0.3) is 291 Å². The van der Waals surface area contributed by atoms with Gasteiger partial charge in [-0.05, 0) is 308 Å². The lowest BCUT2D eigenvalue weighted by molar-refractivity contribution is -0.131. The molecular weight excluding hydrogens is 849 g/mol. The van der Waals surface area contributed by atoms with Crippen LogP contribution in [0.2, 0.25) is 0 Å². The summed E-state index contributed by atoms with van der Waals surface area (Å²) in [6, 6.07) is 11.3. The van der Waals surface area contributed by atoms with Crippen LogP contribution in [0.1, 0.15) is 33.7 Å². The molecule has 0 bridgehead atoms. The highest BCUT2D eigenvalue weighted by Gasteiger charge is 2.78. The Morgan fingerprint density at radius 1 is 0.243 bits per heavy atom. The highest BCUT2D eigenvalue weighted by Crippen LogP contribution is 2.87. The van der Waals surface area contributed by atoms with Gasteiger partial charge in [-0.25, -0.2) is 0 Å². The zero-order chi connectivity index (χ0) is 41.5. The number of benzene rings is 19. The largest absolute Gasteiger partial charge is 0.367 e. The van der Waals surface area contributed by atoms with E-state index < -0.39 is 17.3 Å². The van der Waals surface area contributed by atoms with Crippen molar-refractivity contribution in [2.75, 3.05) is 0 Å². The molecule has 2 atom stereocenters. The summed E-state index contributed by atoms with van der Waals surface area (Å²) in [6.07, 6.45) is -0.998. The minimum Gasteiger partial charge on any atom is -0.367 e. The third kappa shape index (κ3) is 1.33. The van der Waals surface area contributed by atoms with Crippen molar-refractivity contribution in [3.63, 3.8) is 0 Å². The predicted octanol–water partition coefficient (Wildman–Crippen LogP) is 17.4. The molecular formula is C68H8O2. The molecule has 292 valence electrons. The number of rotatable bonds is 1. The van der Waals surface area contributed by atoms with Gasteiger partial charge in [0, 0.05) is 11.1 Å². The summed E-state index contributed by atoms with van der Waals surface area (Å²) >= 11 is 0. The Balaban J connectivity index is 1.19. The molecule has 0 saturated carbocycles. The van der Waals surface area contributed by atoms with Crippen LogP contribution < -0.4 is 0 Å². The average Bonchev–Trinajstić information content (AvgIpc) is 4.37. The summed E-state index contributed by atoms with van der Waals surface area (Å²) in [7, 11) is 0. The summed E-state index contributed by atoms with van der Waals surface area (Å²) in [4.78, 5) is 0. The third-order valence-corrected chi connectivity index (χ3v) is 25.5. The first kappa shape index (κ1) is 25.8. The van der Waals surface area contributed by atoms with Gasteiger partial charge in [-0.2, -0.15) is 0 Å². The van der Waals surface area contributed by atoms with E-state index in [2.05, 4.69) is 30.3 Å². The molecule has 4 aliphatic carbocycles. The molecule has 1 N–H and O–H groups in total. The van der Waals surface area contributed by atoms with Crippen molar-refractivity contribution in [2.45, 2.75) is 23.2 Å². The minimum absolute atomic E-state index is 0.301. The maximum atomic E-state index is 13.7. The molecule has 34 rings (SSSR count). The van der Waals surface area contributed by atoms with E-state index in [0.717, 1.165) is 0 Å². The normalized spacial score (nSPS) is 24.7. The van der Waals surface area contributed by atoms with Crippen LogP contribution in [-0.4, -0.2) is 11.4 Å². The van der Waals surface area contributed by atoms with Crippen LogP contribution in [0.5, 0.6) is 0 Å². The Hall–Kier alpha value is -8.40. The van der Waals surface area contributed by atoms with Crippen molar-refractivity contribution < 1.29 is 9.84 Å². The molecule has 2 heteroatoms. The van der Waals surface area contributed by atoms with Gasteiger partial charge in [0.15, 0.2) is 6.29 Å². The summed E-state index contributed by atoms with van der Waals surface area (Å²) in [5, 5.41) is 99.1. The first-order valence-electron chi connectivity index (χ1n) is 26.0. The molecule has 1 heterocycles. The van der Waals surface area contributed by atoms with E-state index in [9.17, 15) is 5.11 Å². The number of hydrogen-bond acceptors (Lipinski definition) is 2. The highest BCUT2D eigenvalue weighted by molar-refractivity contribution is 6.82. The van der Waals surface area contributed by atoms with E-state index in [4.69, 9.17) is 4.74 Å². The van der Waals surface area contributed by atoms with Gasteiger partial charge in [-0.3, -0.25) is 0 Å². The molecule has 5 aliphatic rings. The van der Waals surface area contributed by atoms with E-state index in [-0.39, 0.29) is 5.92 Å². The number of aliphatic hydroxyl groups is 1. The van der Waals surface area contributed by atoms with Gasteiger partial charge in [-0.1, -0.05) is 30.3 Å². The quantitative estimate of drug-likeness (QED) is 0.167. The Morgan fingerprint density at radius 3 is 0.643 bits per heavy atom. The molecule has 0 amide bonds. The molecule has 1 saturated heterocycles. The van der Waals surface area contributed by atoms with Crippen molar-refractivity contribution in [2.24, 2.45) is 0 Å². The lowest BCUT2D eigenvalue weighted by Crippen LogP contribution is -2.51. The summed E-state index contributed by atoms with van der Waals surface area (Å²) < 4.78 is 8.27. The standard InChI is InChI=1S/C68H8O2/c69-66-61(6-4-2-1-3-5-6)67-62-53-45-35-25-17-9-7-8-11-15-13(9)21-29-23(15)33-27-19(11)20-12(8)16-14-10(7)18(17)26-32-22(14)30-24(16)34-28(20)38-37(27)49-43(33)51-41(29)47(39(45)31(21)25)55(62)57(51)64-59(49)60-50(38)44(34)52-42(30)48-40(32)46(36(26)35)54(53)63(67)56(48)58(52)65(60)68(64,67)70-66/h1-5,61,66,69H/t61-,66+,67?,68?/m0/s1. The van der Waals surface area contributed by atoms with Crippen LogP contribution >= 0.6 is 0 Å². The molecule has 0 unspecified atom stereocenters. The van der Waals surface area contributed by atoms with Crippen molar-refractivity contribution in [1.82, 2.24) is 0 Å². The molecule has 1 fully saturated rings. The van der Waals surface area contributed by atoms with Gasteiger partial charge in [0.2, 0.25) is 0 Å². The number of ether oxygens (including phenoxy) is 1. The lowest BCUT2D eigenvalue weighted by atomic mass is 9.50. The molecule has 0 radical (unpaired) electrons. The van der Waals surface area contributed by atoms with Crippen molar-refractivity contribution in [3.8, 4) is 0 Å². The van der Waals surface area contributed by atoms with Gasteiger partial charge in [0.25, 0.3) is 0 Å². The molecule has 29 aromatic carbocycles. The van der Waals surface area contributed by atoms with Crippen molar-refractivity contribution in [3.05, 3.63) is 58.1 Å². The Morgan fingerprint density at radius 2 is 0.429 bits per heavy atom. The van der Waals surface area contributed by atoms with Gasteiger partial charge in [0.05, 0.1) is 11.3 Å². The second kappa shape index (κ2) is 5.80. The molecule has 2 spiro atoms. The topological polar surface area (TPSA) is 29.5 Å². The Bertz CT molecular complexity index is 7170. The van der Waals surface area contributed by atoms with Gasteiger partial charge >= 0.3 is 0 Å². The fourth-order valence-corrected chi connectivity index (χ4v) is 25.5. The zero-order valence-electron chi connectivity index (χ0n) is 35.4. The van der Waals surface area contributed by atoms with Crippen LogP contribution in [0.15, 0.2) is 30.3 Å². The first-order chi connectivity index (χ1) is 34.8. The van der Waals surface area contributed by atoms with E-state index in [1.54, 1.807) is 269 Å². The lowest BCUT2D eigenvalue weighted by Gasteiger charge is -2.50. The maximum absolute atomic E-state index is 13.7. The summed E-state index contributed by atoms with van der Waals surface area (Å²) in [5.41, 5.74) is 5.59. The van der Waals surface area contributed by atoms with Crippen molar-refractivity contribution in [1.29, 1.82) is 0 Å². The predicted molar refractivity (Wildman–Crippen MR) is 290 cm³/mol. The molecule has 29 aromatic rings. The number of hydrogen-bond donors (Lipinski definition) is 1. The monoisotopic (exact) mass is 856 g/mol. The summed E-state index contributed by atoms with van der Waals surface area (Å²) in [5.74, 6) is -0.301. The Labute approximate surface area is 380 Å². The van der Waals surface area contributed by atoms with E-state index in [1.807, 2.05) is 0 Å². The van der Waals surface area contributed by atoms with Gasteiger partial charge in [0.1, 0.15) is 5.60 Å². The smallest absolute Gasteiger partial charge is 0.164 e. The Kier molecular flexibility index (Phi) is 2.14. The third-order valence-electron chi connectivity index (χ3n) is 25.5. The van der Waals surface area contributed by atoms with E-state index >= 15 is 0 Å². The second-order valence-corrected chi connectivity index (χ2v) is 25.6. The average molecular weight is 857 g/mol. The SMILES string of the molecule is O[C@@H]1OC23c4c5c6c7c8c9c(c%10c%11c2c2c4c4c%12c5c5c6c6c8c8c%13c9c9c%10c%10c%11c%11c2c2c4c4c%12c%12c5c5c6c8c6c8c%13c9c9c%10c%10c%11c2c2c4c4c%12c5c6c5c8c9c%10c2c45)C73[C@H]1c1ccccc1. The van der Waals surface area contributed by atoms with Crippen LogP contribution in [-0.2, 0) is 15.8 Å². The molecule has 1 aliphatic heterocycles. The molecule has 70 heavy (non-hydrogen) atoms. The summed E-state index contributed by atoms with van der Waals surface area (Å²) in [6.45, 7) is 0. The van der Waals surface area contributed by atoms with Crippen LogP contribution in [0, 0.1) is 0 Å². The fraction of sp³-hybridized carbons (Fsp3) is 0.0588. The molecule has 0 aromatic heterocycles. The fourth-order valence-electron chi connectivity index (χ4n) is 25.5. The maximum Gasteiger partial charge on any atom is 0.164 e. The van der Waals surface area contributed by atoms with E-state index in [1.165, 1.54) is 49.4 Å².